The molecule has 1 N–H and O–H groups in total. The molecule has 2 rings (SSSR count). The molecule has 0 aromatic rings. The molecular formula is C12H21N3O3. The summed E-state index contributed by atoms with van der Waals surface area (Å²) in [4.78, 5) is 26.9. The van der Waals surface area contributed by atoms with Crippen LogP contribution in [0.25, 0.3) is 0 Å². The number of nitrogens with one attached hydrogen (secondary N) is 1. The Labute approximate surface area is 107 Å². The molecule has 0 atom stereocenters. The molecule has 0 saturated carbocycles. The van der Waals surface area contributed by atoms with E-state index in [-0.39, 0.29) is 18.4 Å². The molecule has 6 heteroatoms. The van der Waals surface area contributed by atoms with Crippen LogP contribution in [0, 0.1) is 0 Å². The zero-order valence-electron chi connectivity index (χ0n) is 10.7. The van der Waals surface area contributed by atoms with E-state index in [1.807, 2.05) is 0 Å². The van der Waals surface area contributed by atoms with Gasteiger partial charge in [0.15, 0.2) is 0 Å². The predicted octanol–water partition coefficient (Wildman–Crippen LogP) is -0.943. The fourth-order valence-electron chi connectivity index (χ4n) is 2.28. The fourth-order valence-corrected chi connectivity index (χ4v) is 2.28. The highest BCUT2D eigenvalue weighted by Gasteiger charge is 2.22. The van der Waals surface area contributed by atoms with Gasteiger partial charge in [-0.2, -0.15) is 0 Å². The van der Waals surface area contributed by atoms with Gasteiger partial charge in [-0.05, 0) is 6.42 Å². The number of ether oxygens (including phenoxy) is 1. The maximum Gasteiger partial charge on any atom is 0.239 e. The Morgan fingerprint density at radius 1 is 1.28 bits per heavy atom. The molecule has 2 saturated heterocycles. The third-order valence-corrected chi connectivity index (χ3v) is 3.36. The monoisotopic (exact) mass is 255 g/mol. The maximum absolute atomic E-state index is 11.6. The SMILES string of the molecule is O=C(CN1CCCC1=O)NCCN1CCOCC1. The number of carbonyl (C=O) groups excluding carboxylic acids is 2. The van der Waals surface area contributed by atoms with E-state index >= 15 is 0 Å². The summed E-state index contributed by atoms with van der Waals surface area (Å²) in [5, 5.41) is 2.86. The van der Waals surface area contributed by atoms with Crippen LogP contribution in [0.1, 0.15) is 12.8 Å². The van der Waals surface area contributed by atoms with Crippen LogP contribution in [0.15, 0.2) is 0 Å². The molecule has 102 valence electrons. The minimum absolute atomic E-state index is 0.0569. The second-order valence-electron chi connectivity index (χ2n) is 4.72. The molecule has 0 bridgehead atoms. The number of hydrogen-bond acceptors (Lipinski definition) is 4. The zero-order valence-corrected chi connectivity index (χ0v) is 10.7. The second kappa shape index (κ2) is 6.70. The van der Waals surface area contributed by atoms with E-state index in [1.165, 1.54) is 0 Å². The van der Waals surface area contributed by atoms with Crippen molar-refractivity contribution in [3.8, 4) is 0 Å². The van der Waals surface area contributed by atoms with Gasteiger partial charge in [-0.1, -0.05) is 0 Å². The van der Waals surface area contributed by atoms with Crippen molar-refractivity contribution >= 4 is 11.8 Å². The summed E-state index contributed by atoms with van der Waals surface area (Å²) in [5.74, 6) is 0.0387. The molecule has 0 aromatic heterocycles. The Hall–Kier alpha value is -1.14. The molecule has 6 nitrogen and oxygen atoms in total. The van der Waals surface area contributed by atoms with Crippen LogP contribution in [0.3, 0.4) is 0 Å². The Kier molecular flexibility index (Phi) is 4.95. The van der Waals surface area contributed by atoms with E-state index in [1.54, 1.807) is 4.90 Å². The van der Waals surface area contributed by atoms with Crippen LogP contribution in [0.5, 0.6) is 0 Å². The molecule has 0 aliphatic carbocycles. The predicted molar refractivity (Wildman–Crippen MR) is 66.1 cm³/mol. The first-order chi connectivity index (χ1) is 8.75. The lowest BCUT2D eigenvalue weighted by Crippen LogP contribution is -2.43. The summed E-state index contributed by atoms with van der Waals surface area (Å²) in [6, 6.07) is 0. The average molecular weight is 255 g/mol. The molecule has 18 heavy (non-hydrogen) atoms. The molecule has 2 aliphatic rings. The van der Waals surface area contributed by atoms with Crippen LogP contribution in [-0.4, -0.2) is 74.1 Å². The minimum Gasteiger partial charge on any atom is -0.379 e. The molecule has 2 fully saturated rings. The van der Waals surface area contributed by atoms with Crippen molar-refractivity contribution in [2.24, 2.45) is 0 Å². The fraction of sp³-hybridized carbons (Fsp3) is 0.833. The molecule has 2 heterocycles. The van der Waals surface area contributed by atoms with E-state index in [2.05, 4.69) is 10.2 Å². The van der Waals surface area contributed by atoms with E-state index in [0.29, 0.717) is 13.0 Å². The van der Waals surface area contributed by atoms with E-state index in [4.69, 9.17) is 4.74 Å². The molecule has 0 unspecified atom stereocenters. The maximum atomic E-state index is 11.6. The van der Waals surface area contributed by atoms with Crippen LogP contribution < -0.4 is 5.32 Å². The van der Waals surface area contributed by atoms with Crippen LogP contribution in [0.2, 0.25) is 0 Å². The van der Waals surface area contributed by atoms with Gasteiger partial charge in [-0.3, -0.25) is 14.5 Å². The second-order valence-corrected chi connectivity index (χ2v) is 4.72. The van der Waals surface area contributed by atoms with E-state index in [0.717, 1.165) is 45.8 Å². The Morgan fingerprint density at radius 3 is 2.72 bits per heavy atom. The number of morpholine rings is 1. The number of carbonyl (C=O) groups is 2. The number of amides is 2. The van der Waals surface area contributed by atoms with Gasteiger partial charge >= 0.3 is 0 Å². The molecule has 0 radical (unpaired) electrons. The standard InChI is InChI=1S/C12H21N3O3/c16-11(10-15-4-1-2-12(15)17)13-3-5-14-6-8-18-9-7-14/h1-10H2,(H,13,16). The van der Waals surface area contributed by atoms with E-state index in [9.17, 15) is 9.59 Å². The van der Waals surface area contributed by atoms with Gasteiger partial charge in [0.05, 0.1) is 19.8 Å². The van der Waals surface area contributed by atoms with Crippen LogP contribution >= 0.6 is 0 Å². The first-order valence-corrected chi connectivity index (χ1v) is 6.60. The van der Waals surface area contributed by atoms with Crippen molar-refractivity contribution in [3.05, 3.63) is 0 Å². The lowest BCUT2D eigenvalue weighted by Gasteiger charge is -2.26. The summed E-state index contributed by atoms with van der Waals surface area (Å²) in [5.41, 5.74) is 0. The molecule has 0 aromatic carbocycles. The molecular weight excluding hydrogens is 234 g/mol. The van der Waals surface area contributed by atoms with Crippen LogP contribution in [-0.2, 0) is 14.3 Å². The zero-order chi connectivity index (χ0) is 12.8. The highest BCUT2D eigenvalue weighted by atomic mass is 16.5. The molecule has 2 amide bonds. The number of likely N-dealkylation sites (tertiary alicyclic amines) is 1. The van der Waals surface area contributed by atoms with Gasteiger partial charge in [0.2, 0.25) is 11.8 Å². The lowest BCUT2D eigenvalue weighted by molar-refractivity contribution is -0.133. The Bertz CT molecular complexity index is 303. The number of hydrogen-bond donors (Lipinski definition) is 1. The third-order valence-electron chi connectivity index (χ3n) is 3.36. The van der Waals surface area contributed by atoms with Gasteiger partial charge in [0.1, 0.15) is 0 Å². The van der Waals surface area contributed by atoms with Crippen molar-refractivity contribution in [2.45, 2.75) is 12.8 Å². The highest BCUT2D eigenvalue weighted by Crippen LogP contribution is 2.08. The highest BCUT2D eigenvalue weighted by molar-refractivity contribution is 5.85. The van der Waals surface area contributed by atoms with Crippen molar-refractivity contribution < 1.29 is 14.3 Å². The van der Waals surface area contributed by atoms with Gasteiger partial charge in [-0.15, -0.1) is 0 Å². The van der Waals surface area contributed by atoms with Gasteiger partial charge < -0.3 is 15.0 Å². The van der Waals surface area contributed by atoms with Crippen molar-refractivity contribution in [2.75, 3.05) is 52.5 Å². The van der Waals surface area contributed by atoms with E-state index < -0.39 is 0 Å². The summed E-state index contributed by atoms with van der Waals surface area (Å²) >= 11 is 0. The topological polar surface area (TPSA) is 61.9 Å². The molecule has 0 spiro atoms. The summed E-state index contributed by atoms with van der Waals surface area (Å²) in [6.45, 7) is 5.83. The Morgan fingerprint density at radius 2 is 2.06 bits per heavy atom. The third kappa shape index (κ3) is 3.96. The van der Waals surface area contributed by atoms with Gasteiger partial charge in [-0.25, -0.2) is 0 Å². The number of nitrogens with zero attached hydrogens (tertiary/aromatic N) is 2. The summed E-state index contributed by atoms with van der Waals surface area (Å²) < 4.78 is 5.25. The first kappa shape index (κ1) is 13.3. The largest absolute Gasteiger partial charge is 0.379 e. The normalized spacial score (nSPS) is 21.3. The van der Waals surface area contributed by atoms with Gasteiger partial charge in [0.25, 0.3) is 0 Å². The molecule has 2 aliphatic heterocycles. The first-order valence-electron chi connectivity index (χ1n) is 6.60. The van der Waals surface area contributed by atoms with Crippen LogP contribution in [0.4, 0.5) is 0 Å². The number of rotatable bonds is 5. The minimum atomic E-state index is -0.0569. The summed E-state index contributed by atoms with van der Waals surface area (Å²) in [6.07, 6.45) is 1.46. The van der Waals surface area contributed by atoms with Crippen molar-refractivity contribution in [3.63, 3.8) is 0 Å². The quantitative estimate of drug-likeness (QED) is 0.688. The van der Waals surface area contributed by atoms with Crippen molar-refractivity contribution in [1.29, 1.82) is 0 Å². The smallest absolute Gasteiger partial charge is 0.239 e. The van der Waals surface area contributed by atoms with Gasteiger partial charge in [0, 0.05) is 39.1 Å². The Balaban J connectivity index is 1.58. The average Bonchev–Trinajstić information content (AvgIpc) is 2.76. The lowest BCUT2D eigenvalue weighted by atomic mass is 10.4. The van der Waals surface area contributed by atoms with Crippen molar-refractivity contribution in [1.82, 2.24) is 15.1 Å². The summed E-state index contributed by atoms with van der Waals surface area (Å²) in [7, 11) is 0.